The van der Waals surface area contributed by atoms with Crippen molar-refractivity contribution < 1.29 is 0 Å². The van der Waals surface area contributed by atoms with Crippen LogP contribution >= 0.6 is 0 Å². The van der Waals surface area contributed by atoms with Gasteiger partial charge in [-0.15, -0.1) is 0 Å². The number of aromatic nitrogens is 1. The molecule has 6 aromatic rings. The molecule has 0 bridgehead atoms. The smallest absolute Gasteiger partial charge is 0.0701 e. The minimum absolute atomic E-state index is 0.308. The molecular formula is C46H37N. The maximum absolute atomic E-state index is 4.55. The molecule has 0 fully saturated rings. The van der Waals surface area contributed by atoms with Gasteiger partial charge in [-0.05, 0) is 105 Å². The van der Waals surface area contributed by atoms with Gasteiger partial charge in [-0.2, -0.15) is 0 Å². The highest BCUT2D eigenvalue weighted by molar-refractivity contribution is 5.99. The largest absolute Gasteiger partial charge is 0.256 e. The Labute approximate surface area is 277 Å². The maximum Gasteiger partial charge on any atom is 0.0701 e. The molecule has 3 aliphatic rings. The molecule has 0 radical (unpaired) electrons. The molecule has 9 rings (SSSR count). The van der Waals surface area contributed by atoms with Gasteiger partial charge in [0.2, 0.25) is 0 Å². The average Bonchev–Trinajstić information content (AvgIpc) is 3.13. The Morgan fingerprint density at radius 1 is 0.660 bits per heavy atom. The summed E-state index contributed by atoms with van der Waals surface area (Å²) in [6.07, 6.45) is 14.9. The predicted molar refractivity (Wildman–Crippen MR) is 197 cm³/mol. The molecule has 226 valence electrons. The van der Waals surface area contributed by atoms with Gasteiger partial charge >= 0.3 is 0 Å². The SMILES string of the molecule is Cc1ccc2c(c1)C=CC(C1=C3C=CCCC3C(c3cccc4c(-c5ccc(-c6ccccn6)cc5)cccc34)c3ccccc31)C2. The fourth-order valence-electron chi connectivity index (χ4n) is 8.57. The Hall–Kier alpha value is -5.27. The van der Waals surface area contributed by atoms with Gasteiger partial charge in [0.25, 0.3) is 0 Å². The quantitative estimate of drug-likeness (QED) is 0.195. The molecule has 3 unspecified atom stereocenters. The van der Waals surface area contributed by atoms with Crippen LogP contribution in [0.5, 0.6) is 0 Å². The van der Waals surface area contributed by atoms with E-state index in [9.17, 15) is 0 Å². The van der Waals surface area contributed by atoms with Crippen molar-refractivity contribution in [3.63, 3.8) is 0 Å². The van der Waals surface area contributed by atoms with Crippen molar-refractivity contribution in [3.05, 3.63) is 185 Å². The molecule has 1 heteroatoms. The van der Waals surface area contributed by atoms with Crippen LogP contribution in [-0.4, -0.2) is 4.98 Å². The first-order valence-electron chi connectivity index (χ1n) is 17.0. The molecule has 47 heavy (non-hydrogen) atoms. The summed E-state index contributed by atoms with van der Waals surface area (Å²) < 4.78 is 0. The number of benzene rings is 5. The Bertz CT molecular complexity index is 2230. The number of pyridine rings is 1. The van der Waals surface area contributed by atoms with Crippen LogP contribution in [0.2, 0.25) is 0 Å². The van der Waals surface area contributed by atoms with Crippen LogP contribution in [0.1, 0.15) is 52.1 Å². The van der Waals surface area contributed by atoms with Crippen LogP contribution in [0.3, 0.4) is 0 Å². The zero-order chi connectivity index (χ0) is 31.3. The first kappa shape index (κ1) is 28.0. The second-order valence-corrected chi connectivity index (χ2v) is 13.4. The Balaban J connectivity index is 1.16. The van der Waals surface area contributed by atoms with Gasteiger partial charge in [0.15, 0.2) is 0 Å². The summed E-state index contributed by atoms with van der Waals surface area (Å²) in [5.41, 5.74) is 16.3. The van der Waals surface area contributed by atoms with Gasteiger partial charge in [-0.1, -0.05) is 139 Å². The number of aryl methyl sites for hydroxylation is 1. The van der Waals surface area contributed by atoms with Crippen molar-refractivity contribution in [1.82, 2.24) is 4.98 Å². The third-order valence-corrected chi connectivity index (χ3v) is 10.7. The summed E-state index contributed by atoms with van der Waals surface area (Å²) in [5.74, 6) is 1.13. The van der Waals surface area contributed by atoms with Crippen molar-refractivity contribution in [2.45, 2.75) is 32.1 Å². The molecule has 3 atom stereocenters. The average molecular weight is 604 g/mol. The van der Waals surface area contributed by atoms with E-state index < -0.39 is 0 Å². The zero-order valence-electron chi connectivity index (χ0n) is 26.7. The molecule has 0 aliphatic heterocycles. The van der Waals surface area contributed by atoms with E-state index in [1.165, 1.54) is 67.3 Å². The van der Waals surface area contributed by atoms with Gasteiger partial charge in [0.05, 0.1) is 5.69 Å². The van der Waals surface area contributed by atoms with Crippen molar-refractivity contribution in [1.29, 1.82) is 0 Å². The fraction of sp³-hybridized carbons (Fsp3) is 0.152. The molecule has 0 spiro atoms. The summed E-state index contributed by atoms with van der Waals surface area (Å²) >= 11 is 0. The first-order chi connectivity index (χ1) is 23.2. The normalized spacial score (nSPS) is 19.7. The minimum Gasteiger partial charge on any atom is -0.256 e. The van der Waals surface area contributed by atoms with E-state index in [4.69, 9.17) is 0 Å². The Morgan fingerprint density at radius 3 is 2.34 bits per heavy atom. The van der Waals surface area contributed by atoms with Crippen LogP contribution in [0, 0.1) is 18.8 Å². The predicted octanol–water partition coefficient (Wildman–Crippen LogP) is 11.6. The van der Waals surface area contributed by atoms with Crippen molar-refractivity contribution in [2.24, 2.45) is 11.8 Å². The number of fused-ring (bicyclic) bond motifs is 4. The van der Waals surface area contributed by atoms with E-state index in [1.54, 1.807) is 5.57 Å². The third-order valence-electron chi connectivity index (χ3n) is 10.7. The Morgan fingerprint density at radius 2 is 1.45 bits per heavy atom. The van der Waals surface area contributed by atoms with Gasteiger partial charge in [-0.25, -0.2) is 0 Å². The number of rotatable bonds is 4. The summed E-state index contributed by atoms with van der Waals surface area (Å²) in [4.78, 5) is 4.55. The highest BCUT2D eigenvalue weighted by Crippen LogP contribution is 2.54. The number of hydrogen-bond donors (Lipinski definition) is 0. The molecule has 0 amide bonds. The third kappa shape index (κ3) is 4.81. The van der Waals surface area contributed by atoms with E-state index >= 15 is 0 Å². The van der Waals surface area contributed by atoms with Crippen molar-refractivity contribution in [3.8, 4) is 22.4 Å². The first-order valence-corrected chi connectivity index (χ1v) is 17.0. The van der Waals surface area contributed by atoms with Gasteiger partial charge in [0, 0.05) is 23.6 Å². The summed E-state index contributed by atoms with van der Waals surface area (Å²) in [7, 11) is 0. The molecule has 3 aliphatic carbocycles. The van der Waals surface area contributed by atoms with Crippen molar-refractivity contribution >= 4 is 22.4 Å². The standard InChI is InChI=1S/C46H37N/c1-30-19-20-34-29-35(26-25-33(34)28-30)45-40-10-2-4-12-42(40)46(43-13-5-3-11-41(43)45)39-17-9-15-37-36(14-8-16-38(37)39)31-21-23-32(24-22-31)44-18-6-7-27-47-44/h2-4,6-12,14-28,35,43,46H,5,13,29H2,1H3. The topological polar surface area (TPSA) is 12.9 Å². The van der Waals surface area contributed by atoms with E-state index in [0.717, 1.165) is 24.1 Å². The van der Waals surface area contributed by atoms with Crippen LogP contribution in [0.15, 0.2) is 151 Å². The molecule has 0 saturated heterocycles. The number of nitrogens with zero attached hydrogens (tertiary/aromatic N) is 1. The fourth-order valence-corrected chi connectivity index (χ4v) is 8.57. The summed E-state index contributed by atoms with van der Waals surface area (Å²) in [6, 6.07) is 45.1. The van der Waals surface area contributed by atoms with E-state index in [1.807, 2.05) is 18.3 Å². The van der Waals surface area contributed by atoms with Crippen LogP contribution in [-0.2, 0) is 6.42 Å². The molecule has 0 saturated carbocycles. The van der Waals surface area contributed by atoms with Crippen LogP contribution < -0.4 is 0 Å². The lowest BCUT2D eigenvalue weighted by atomic mass is 9.62. The lowest BCUT2D eigenvalue weighted by Crippen LogP contribution is -2.27. The zero-order valence-corrected chi connectivity index (χ0v) is 26.7. The van der Waals surface area contributed by atoms with E-state index in [2.05, 4.69) is 145 Å². The van der Waals surface area contributed by atoms with Crippen molar-refractivity contribution in [2.75, 3.05) is 0 Å². The number of hydrogen-bond acceptors (Lipinski definition) is 1. The lowest BCUT2D eigenvalue weighted by Gasteiger charge is -2.41. The molecule has 5 aromatic carbocycles. The van der Waals surface area contributed by atoms with Crippen LogP contribution in [0.4, 0.5) is 0 Å². The lowest BCUT2D eigenvalue weighted by molar-refractivity contribution is 0.493. The van der Waals surface area contributed by atoms with Gasteiger partial charge < -0.3 is 0 Å². The highest BCUT2D eigenvalue weighted by atomic mass is 14.7. The van der Waals surface area contributed by atoms with Crippen LogP contribution in [0.25, 0.3) is 44.8 Å². The van der Waals surface area contributed by atoms with Gasteiger partial charge in [0.1, 0.15) is 0 Å². The maximum atomic E-state index is 4.55. The van der Waals surface area contributed by atoms with E-state index in [-0.39, 0.29) is 0 Å². The summed E-state index contributed by atoms with van der Waals surface area (Å²) in [6.45, 7) is 2.19. The molecule has 1 nitrogen and oxygen atoms in total. The second-order valence-electron chi connectivity index (χ2n) is 13.4. The summed E-state index contributed by atoms with van der Waals surface area (Å²) in [5, 5.41) is 2.68. The molecule has 1 heterocycles. The van der Waals surface area contributed by atoms with Gasteiger partial charge in [-0.3, -0.25) is 4.98 Å². The van der Waals surface area contributed by atoms with E-state index in [0.29, 0.717) is 17.8 Å². The highest BCUT2D eigenvalue weighted by Gasteiger charge is 2.39. The monoisotopic (exact) mass is 603 g/mol. The Kier molecular flexibility index (Phi) is 6.86. The second kappa shape index (κ2) is 11.5. The molecular weight excluding hydrogens is 567 g/mol. The molecule has 0 N–H and O–H groups in total. The minimum atomic E-state index is 0.308. The number of allylic oxidation sites excluding steroid dienone is 5. The molecule has 1 aromatic heterocycles.